The molecule has 9 heteroatoms. The molecule has 150 valence electrons. The highest BCUT2D eigenvalue weighted by Gasteiger charge is 2.27. The van der Waals surface area contributed by atoms with Crippen LogP contribution in [0.3, 0.4) is 0 Å². The van der Waals surface area contributed by atoms with Crippen molar-refractivity contribution in [2.24, 2.45) is 0 Å². The Labute approximate surface area is 167 Å². The predicted molar refractivity (Wildman–Crippen MR) is 105 cm³/mol. The fraction of sp³-hybridized carbons (Fsp3) is 0.368. The summed E-state index contributed by atoms with van der Waals surface area (Å²) < 4.78 is 4.77. The number of nitrogens with one attached hydrogen (secondary N) is 1. The quantitative estimate of drug-likeness (QED) is 0.325. The number of non-ortho nitro benzene ring substituents is 1. The zero-order valence-corrected chi connectivity index (χ0v) is 17.1. The van der Waals surface area contributed by atoms with Crippen molar-refractivity contribution in [3.63, 3.8) is 0 Å². The number of Topliss-reactive ketones (excluding diaryl/α,β-unsaturated/α-hetero) is 1. The number of methoxy groups -OCH3 is 1. The van der Waals surface area contributed by atoms with Crippen molar-refractivity contribution >= 4 is 29.0 Å². The maximum Gasteiger partial charge on any atom is 0.339 e. The molecule has 0 saturated carbocycles. The summed E-state index contributed by atoms with van der Waals surface area (Å²) in [5.74, 6) is -0.713. The summed E-state index contributed by atoms with van der Waals surface area (Å²) in [4.78, 5) is 40.1. The number of ether oxygens (including phenoxy) is 1. The molecular weight excluding hydrogens is 386 g/mol. The molecule has 1 unspecified atom stereocenters. The highest BCUT2D eigenvalue weighted by atomic mass is 35.5. The van der Waals surface area contributed by atoms with E-state index in [1.54, 1.807) is 32.7 Å². The van der Waals surface area contributed by atoms with Crippen LogP contribution in [0.15, 0.2) is 18.2 Å². The fourth-order valence-electron chi connectivity index (χ4n) is 3.02. The van der Waals surface area contributed by atoms with Gasteiger partial charge in [0.15, 0.2) is 5.78 Å². The van der Waals surface area contributed by atoms with Gasteiger partial charge in [-0.15, -0.1) is 0 Å². The predicted octanol–water partition coefficient (Wildman–Crippen LogP) is 3.68. The normalized spacial score (nSPS) is 12.1. The van der Waals surface area contributed by atoms with E-state index in [1.807, 2.05) is 0 Å². The molecule has 1 aromatic heterocycles. The van der Waals surface area contributed by atoms with Crippen LogP contribution in [0.25, 0.3) is 0 Å². The Hall–Kier alpha value is -2.71. The number of aryl methyl sites for hydroxylation is 1. The van der Waals surface area contributed by atoms with Crippen molar-refractivity contribution in [1.29, 1.82) is 0 Å². The number of aromatic amines is 1. The van der Waals surface area contributed by atoms with Crippen molar-refractivity contribution in [3.8, 4) is 0 Å². The molecule has 28 heavy (non-hydrogen) atoms. The first-order valence-corrected chi connectivity index (χ1v) is 8.91. The minimum absolute atomic E-state index is 0.0645. The van der Waals surface area contributed by atoms with Crippen molar-refractivity contribution in [2.45, 2.75) is 33.4 Å². The van der Waals surface area contributed by atoms with Gasteiger partial charge in [0.2, 0.25) is 0 Å². The summed E-state index contributed by atoms with van der Waals surface area (Å²) in [6.07, 6.45) is 0. The van der Waals surface area contributed by atoms with Crippen LogP contribution in [0.2, 0.25) is 5.02 Å². The number of halogens is 1. The van der Waals surface area contributed by atoms with Crippen LogP contribution in [0.1, 0.15) is 44.6 Å². The number of nitro benzene ring substituents is 1. The number of nitrogens with zero attached hydrogens (tertiary/aromatic N) is 2. The summed E-state index contributed by atoms with van der Waals surface area (Å²) >= 11 is 6.15. The van der Waals surface area contributed by atoms with Gasteiger partial charge in [-0.25, -0.2) is 4.79 Å². The Kier molecular flexibility index (Phi) is 6.58. The average molecular weight is 408 g/mol. The summed E-state index contributed by atoms with van der Waals surface area (Å²) in [6, 6.07) is 3.64. The van der Waals surface area contributed by atoms with Gasteiger partial charge in [-0.3, -0.25) is 19.8 Å². The number of esters is 1. The molecule has 0 bridgehead atoms. The SMILES string of the molecule is COC(=O)c1c(C)[nH]c(C(=O)C(C)N(C)Cc2cc([N+](=O)[O-])ccc2Cl)c1C. The Morgan fingerprint density at radius 1 is 1.36 bits per heavy atom. The van der Waals surface area contributed by atoms with E-state index in [0.29, 0.717) is 33.1 Å². The van der Waals surface area contributed by atoms with Crippen molar-refractivity contribution in [3.05, 3.63) is 61.4 Å². The molecule has 1 N–H and O–H groups in total. The molecule has 8 nitrogen and oxygen atoms in total. The summed E-state index contributed by atoms with van der Waals surface area (Å²) in [5, 5.41) is 11.4. The number of hydrogen-bond donors (Lipinski definition) is 1. The van der Waals surface area contributed by atoms with Crippen LogP contribution in [0.5, 0.6) is 0 Å². The van der Waals surface area contributed by atoms with Crippen LogP contribution in [-0.2, 0) is 11.3 Å². The molecule has 2 aromatic rings. The minimum Gasteiger partial charge on any atom is -0.465 e. The topological polar surface area (TPSA) is 106 Å². The standard InChI is InChI=1S/C19H22ClN3O5/c1-10-16(19(25)28-5)11(2)21-17(10)18(24)12(3)22(4)9-13-8-14(23(26)27)6-7-15(13)20/h6-8,12,21H,9H2,1-5H3. The number of rotatable bonds is 7. The van der Waals surface area contributed by atoms with Crippen LogP contribution >= 0.6 is 11.6 Å². The minimum atomic E-state index is -0.558. The second kappa shape index (κ2) is 8.53. The van der Waals surface area contributed by atoms with Crippen molar-refractivity contribution < 1.29 is 19.2 Å². The zero-order valence-electron chi connectivity index (χ0n) is 16.3. The molecule has 0 aliphatic carbocycles. The molecular formula is C19H22ClN3O5. The largest absolute Gasteiger partial charge is 0.465 e. The molecule has 1 aromatic carbocycles. The molecule has 2 rings (SSSR count). The number of carbonyl (C=O) groups excluding carboxylic acids is 2. The third kappa shape index (κ3) is 4.23. The van der Waals surface area contributed by atoms with E-state index in [1.165, 1.54) is 25.3 Å². The van der Waals surface area contributed by atoms with E-state index in [0.717, 1.165) is 0 Å². The molecule has 0 aliphatic heterocycles. The molecule has 0 spiro atoms. The smallest absolute Gasteiger partial charge is 0.339 e. The highest BCUT2D eigenvalue weighted by molar-refractivity contribution is 6.31. The van der Waals surface area contributed by atoms with Crippen LogP contribution in [0, 0.1) is 24.0 Å². The Morgan fingerprint density at radius 2 is 2.00 bits per heavy atom. The maximum atomic E-state index is 13.0. The number of nitro groups is 1. The Bertz CT molecular complexity index is 938. The lowest BCUT2D eigenvalue weighted by Crippen LogP contribution is -2.36. The summed E-state index contributed by atoms with van der Waals surface area (Å²) in [6.45, 7) is 5.36. The Morgan fingerprint density at radius 3 is 2.57 bits per heavy atom. The van der Waals surface area contributed by atoms with Crippen molar-refractivity contribution in [2.75, 3.05) is 14.2 Å². The Balaban J connectivity index is 2.26. The molecule has 0 amide bonds. The second-order valence-electron chi connectivity index (χ2n) is 6.60. The molecule has 0 radical (unpaired) electrons. The third-order valence-electron chi connectivity index (χ3n) is 4.77. The van der Waals surface area contributed by atoms with E-state index in [2.05, 4.69) is 4.98 Å². The number of aromatic nitrogens is 1. The molecule has 0 saturated heterocycles. The van der Waals surface area contributed by atoms with Crippen LogP contribution in [0.4, 0.5) is 5.69 Å². The first kappa shape index (κ1) is 21.6. The highest BCUT2D eigenvalue weighted by Crippen LogP contribution is 2.25. The lowest BCUT2D eigenvalue weighted by atomic mass is 10.0. The first-order valence-electron chi connectivity index (χ1n) is 8.53. The first-order chi connectivity index (χ1) is 13.1. The molecule has 0 fully saturated rings. The van der Waals surface area contributed by atoms with Gasteiger partial charge in [-0.05, 0) is 45.0 Å². The lowest BCUT2D eigenvalue weighted by Gasteiger charge is -2.24. The van der Waals surface area contributed by atoms with Gasteiger partial charge in [-0.2, -0.15) is 0 Å². The number of H-pyrrole nitrogens is 1. The van der Waals surface area contributed by atoms with Crippen LogP contribution < -0.4 is 0 Å². The van der Waals surface area contributed by atoms with Gasteiger partial charge < -0.3 is 9.72 Å². The maximum absolute atomic E-state index is 13.0. The van der Waals surface area contributed by atoms with E-state index >= 15 is 0 Å². The van der Waals surface area contributed by atoms with Gasteiger partial charge in [0.1, 0.15) is 0 Å². The molecule has 1 heterocycles. The summed E-state index contributed by atoms with van der Waals surface area (Å²) in [5.41, 5.74) is 2.26. The third-order valence-corrected chi connectivity index (χ3v) is 5.14. The fourth-order valence-corrected chi connectivity index (χ4v) is 3.19. The number of ketones is 1. The van der Waals surface area contributed by atoms with Gasteiger partial charge >= 0.3 is 5.97 Å². The van der Waals surface area contributed by atoms with Gasteiger partial charge in [0, 0.05) is 29.4 Å². The summed E-state index contributed by atoms with van der Waals surface area (Å²) in [7, 11) is 3.01. The number of hydrogen-bond acceptors (Lipinski definition) is 6. The zero-order chi connectivity index (χ0) is 21.2. The number of benzene rings is 1. The van der Waals surface area contributed by atoms with Gasteiger partial charge in [0.05, 0.1) is 29.3 Å². The van der Waals surface area contributed by atoms with E-state index in [9.17, 15) is 19.7 Å². The van der Waals surface area contributed by atoms with E-state index in [4.69, 9.17) is 16.3 Å². The molecule has 0 aliphatic rings. The number of likely N-dealkylation sites (N-methyl/N-ethyl adjacent to an activating group) is 1. The number of carbonyl (C=O) groups is 2. The van der Waals surface area contributed by atoms with E-state index in [-0.39, 0.29) is 18.0 Å². The van der Waals surface area contributed by atoms with Gasteiger partial charge in [0.25, 0.3) is 5.69 Å². The van der Waals surface area contributed by atoms with Crippen LogP contribution in [-0.4, -0.2) is 46.8 Å². The second-order valence-corrected chi connectivity index (χ2v) is 7.01. The average Bonchev–Trinajstić information content (AvgIpc) is 2.95. The van der Waals surface area contributed by atoms with E-state index < -0.39 is 16.9 Å². The lowest BCUT2D eigenvalue weighted by molar-refractivity contribution is -0.384. The molecule has 1 atom stereocenters. The van der Waals surface area contributed by atoms with Gasteiger partial charge in [-0.1, -0.05) is 11.6 Å². The monoisotopic (exact) mass is 407 g/mol. The van der Waals surface area contributed by atoms with Crippen molar-refractivity contribution in [1.82, 2.24) is 9.88 Å².